The minimum absolute atomic E-state index is 0. The van der Waals surface area contributed by atoms with E-state index in [4.69, 9.17) is 0 Å². The first kappa shape index (κ1) is 26.6. The summed E-state index contributed by atoms with van der Waals surface area (Å²) in [5.41, 5.74) is 2.60. The molecule has 2 aromatic rings. The summed E-state index contributed by atoms with van der Waals surface area (Å²) in [6.45, 7) is 9.25. The number of benzene rings is 1. The maximum atomic E-state index is 12.6. The molecule has 0 spiro atoms. The van der Waals surface area contributed by atoms with Gasteiger partial charge in [0.15, 0.2) is 5.96 Å². The Hall–Kier alpha value is -1.65. The SMILES string of the molecule is CCN(CC)C(CNC(=NC)NCCC(=O)N1CCc2sccc2C1)c1ccccc1.I. The Morgan fingerprint density at radius 3 is 2.62 bits per heavy atom. The molecule has 0 fully saturated rings. The van der Waals surface area contributed by atoms with Gasteiger partial charge in [-0.3, -0.25) is 14.7 Å². The molecule has 0 radical (unpaired) electrons. The van der Waals surface area contributed by atoms with Crippen molar-refractivity contribution < 1.29 is 4.79 Å². The van der Waals surface area contributed by atoms with Crippen molar-refractivity contribution in [1.82, 2.24) is 20.4 Å². The van der Waals surface area contributed by atoms with Crippen molar-refractivity contribution in [3.8, 4) is 0 Å². The Morgan fingerprint density at radius 2 is 1.94 bits per heavy atom. The summed E-state index contributed by atoms with van der Waals surface area (Å²) >= 11 is 1.80. The van der Waals surface area contributed by atoms with Gasteiger partial charge in [-0.05, 0) is 42.1 Å². The van der Waals surface area contributed by atoms with E-state index in [0.717, 1.165) is 45.1 Å². The largest absolute Gasteiger partial charge is 0.356 e. The molecule has 3 rings (SSSR count). The van der Waals surface area contributed by atoms with Crippen LogP contribution in [0, 0.1) is 0 Å². The molecule has 0 saturated heterocycles. The fourth-order valence-electron chi connectivity index (χ4n) is 4.12. The summed E-state index contributed by atoms with van der Waals surface area (Å²) in [6.07, 6.45) is 1.44. The molecule has 1 aromatic heterocycles. The maximum Gasteiger partial charge on any atom is 0.224 e. The van der Waals surface area contributed by atoms with Crippen molar-refractivity contribution >= 4 is 47.2 Å². The van der Waals surface area contributed by atoms with Crippen LogP contribution in [0.3, 0.4) is 0 Å². The first-order valence-corrected chi connectivity index (χ1v) is 12.1. The number of fused-ring (bicyclic) bond motifs is 1. The predicted octanol–water partition coefficient (Wildman–Crippen LogP) is 3.89. The molecule has 8 heteroatoms. The third-order valence-electron chi connectivity index (χ3n) is 5.92. The zero-order valence-electron chi connectivity index (χ0n) is 19.3. The number of thiophene rings is 1. The number of hydrogen-bond acceptors (Lipinski definition) is 4. The lowest BCUT2D eigenvalue weighted by Gasteiger charge is -2.31. The highest BCUT2D eigenvalue weighted by atomic mass is 127. The quantitative estimate of drug-likeness (QED) is 0.274. The van der Waals surface area contributed by atoms with E-state index in [1.54, 1.807) is 18.4 Å². The van der Waals surface area contributed by atoms with Crippen molar-refractivity contribution in [2.24, 2.45) is 4.99 Å². The molecule has 2 N–H and O–H groups in total. The minimum Gasteiger partial charge on any atom is -0.356 e. The van der Waals surface area contributed by atoms with Crippen molar-refractivity contribution in [3.63, 3.8) is 0 Å². The van der Waals surface area contributed by atoms with Gasteiger partial charge in [0.1, 0.15) is 0 Å². The highest BCUT2D eigenvalue weighted by Gasteiger charge is 2.21. The van der Waals surface area contributed by atoms with Crippen LogP contribution in [0.5, 0.6) is 0 Å². The molecule has 1 amide bonds. The number of nitrogens with zero attached hydrogens (tertiary/aromatic N) is 3. The predicted molar refractivity (Wildman–Crippen MR) is 145 cm³/mol. The lowest BCUT2D eigenvalue weighted by Crippen LogP contribution is -2.44. The lowest BCUT2D eigenvalue weighted by molar-refractivity contribution is -0.131. The van der Waals surface area contributed by atoms with Crippen LogP contribution < -0.4 is 10.6 Å². The normalized spacial score (nSPS) is 14.5. The zero-order valence-corrected chi connectivity index (χ0v) is 22.5. The Balaban J connectivity index is 0.00000363. The Bertz CT molecular complexity index is 853. The maximum absolute atomic E-state index is 12.6. The molecule has 0 aliphatic carbocycles. The standard InChI is InChI=1S/C24H35N5OS.HI/c1-4-28(5-2)21(19-9-7-6-8-10-19)17-27-24(25-3)26-14-11-23(30)29-15-12-22-20(18-29)13-16-31-22;/h6-10,13,16,21H,4-5,11-12,14-15,17-18H2,1-3H3,(H2,25,26,27);1H. The van der Waals surface area contributed by atoms with E-state index in [2.05, 4.69) is 76.2 Å². The van der Waals surface area contributed by atoms with E-state index >= 15 is 0 Å². The van der Waals surface area contributed by atoms with Gasteiger partial charge >= 0.3 is 0 Å². The summed E-state index contributed by atoms with van der Waals surface area (Å²) < 4.78 is 0. The molecule has 1 aliphatic heterocycles. The number of carbonyl (C=O) groups excluding carboxylic acids is 1. The average molecular weight is 570 g/mol. The van der Waals surface area contributed by atoms with Crippen molar-refractivity contribution in [1.29, 1.82) is 0 Å². The van der Waals surface area contributed by atoms with Gasteiger partial charge in [-0.2, -0.15) is 0 Å². The first-order valence-electron chi connectivity index (χ1n) is 11.2. The van der Waals surface area contributed by atoms with Gasteiger partial charge < -0.3 is 15.5 Å². The molecule has 1 aromatic carbocycles. The third-order valence-corrected chi connectivity index (χ3v) is 6.94. The van der Waals surface area contributed by atoms with Crippen LogP contribution in [0.4, 0.5) is 0 Å². The zero-order chi connectivity index (χ0) is 22.1. The van der Waals surface area contributed by atoms with Crippen LogP contribution in [-0.2, 0) is 17.8 Å². The minimum atomic E-state index is 0. The monoisotopic (exact) mass is 569 g/mol. The van der Waals surface area contributed by atoms with Gasteiger partial charge in [-0.15, -0.1) is 35.3 Å². The lowest BCUT2D eigenvalue weighted by atomic mass is 10.1. The second-order valence-corrected chi connectivity index (χ2v) is 8.71. The summed E-state index contributed by atoms with van der Waals surface area (Å²) in [5.74, 6) is 0.935. The van der Waals surface area contributed by atoms with Crippen molar-refractivity contribution in [2.75, 3.05) is 39.8 Å². The molecule has 0 saturated carbocycles. The fraction of sp³-hybridized carbons (Fsp3) is 0.500. The number of guanidine groups is 1. The third kappa shape index (κ3) is 7.18. The summed E-state index contributed by atoms with van der Waals surface area (Å²) in [4.78, 5) is 22.8. The van der Waals surface area contributed by atoms with E-state index in [0.29, 0.717) is 13.0 Å². The van der Waals surface area contributed by atoms with Crippen LogP contribution in [-0.4, -0.2) is 61.4 Å². The molecule has 6 nitrogen and oxygen atoms in total. The number of rotatable bonds is 9. The second kappa shape index (κ2) is 13.8. The summed E-state index contributed by atoms with van der Waals surface area (Å²) in [5, 5.41) is 8.89. The van der Waals surface area contributed by atoms with Crippen LogP contribution in [0.2, 0.25) is 0 Å². The fourth-order valence-corrected chi connectivity index (χ4v) is 5.01. The first-order chi connectivity index (χ1) is 15.2. The van der Waals surface area contributed by atoms with Gasteiger partial charge in [0.05, 0.1) is 6.04 Å². The molecule has 32 heavy (non-hydrogen) atoms. The van der Waals surface area contributed by atoms with Gasteiger partial charge in [-0.25, -0.2) is 0 Å². The van der Waals surface area contributed by atoms with Crippen molar-refractivity contribution in [3.05, 3.63) is 57.8 Å². The van der Waals surface area contributed by atoms with Crippen molar-refractivity contribution in [2.45, 2.75) is 39.3 Å². The number of hydrogen-bond donors (Lipinski definition) is 2. The van der Waals surface area contributed by atoms with E-state index < -0.39 is 0 Å². The smallest absolute Gasteiger partial charge is 0.224 e. The van der Waals surface area contributed by atoms with Crippen LogP contribution in [0.15, 0.2) is 46.8 Å². The van der Waals surface area contributed by atoms with E-state index in [1.165, 1.54) is 16.0 Å². The highest BCUT2D eigenvalue weighted by molar-refractivity contribution is 14.0. The molecule has 1 atom stereocenters. The Kier molecular flexibility index (Phi) is 11.5. The number of nitrogens with one attached hydrogen (secondary N) is 2. The van der Waals surface area contributed by atoms with Crippen LogP contribution in [0.1, 0.15) is 42.3 Å². The number of carbonyl (C=O) groups is 1. The van der Waals surface area contributed by atoms with Gasteiger partial charge in [0, 0.05) is 44.5 Å². The molecule has 176 valence electrons. The topological polar surface area (TPSA) is 60.0 Å². The molecule has 1 unspecified atom stereocenters. The number of amides is 1. The van der Waals surface area contributed by atoms with Gasteiger partial charge in [-0.1, -0.05) is 44.2 Å². The highest BCUT2D eigenvalue weighted by Crippen LogP contribution is 2.24. The average Bonchev–Trinajstić information content (AvgIpc) is 3.29. The molecule has 1 aliphatic rings. The van der Waals surface area contributed by atoms with E-state index in [9.17, 15) is 4.79 Å². The summed E-state index contributed by atoms with van der Waals surface area (Å²) in [6, 6.07) is 13.0. The molecule has 2 heterocycles. The molecule has 0 bridgehead atoms. The Labute approximate surface area is 213 Å². The van der Waals surface area contributed by atoms with E-state index in [1.807, 2.05) is 4.90 Å². The summed E-state index contributed by atoms with van der Waals surface area (Å²) in [7, 11) is 1.77. The number of halogens is 1. The number of likely N-dealkylation sites (N-methyl/N-ethyl adjacent to an activating group) is 1. The van der Waals surface area contributed by atoms with E-state index in [-0.39, 0.29) is 35.9 Å². The van der Waals surface area contributed by atoms with Gasteiger partial charge in [0.25, 0.3) is 0 Å². The van der Waals surface area contributed by atoms with Gasteiger partial charge in [0.2, 0.25) is 5.91 Å². The molecular weight excluding hydrogens is 533 g/mol. The van der Waals surface area contributed by atoms with Crippen LogP contribution in [0.25, 0.3) is 0 Å². The van der Waals surface area contributed by atoms with Crippen LogP contribution >= 0.6 is 35.3 Å². The Morgan fingerprint density at radius 1 is 1.19 bits per heavy atom. The molecular formula is C24H36IN5OS. The second-order valence-electron chi connectivity index (χ2n) is 7.71. The number of aliphatic imine (C=N–C) groups is 1.